The second-order valence-electron chi connectivity index (χ2n) is 7.95. The number of carbonyl (C=O) groups is 1. The Hall–Kier alpha value is -3.07. The normalized spacial score (nSPS) is 12.0. The number of imidazole rings is 1. The number of hydrogen-bond acceptors (Lipinski definition) is 6. The van der Waals surface area contributed by atoms with Crippen LogP contribution < -0.4 is 15.2 Å². The van der Waals surface area contributed by atoms with E-state index in [1.165, 1.54) is 5.49 Å². The van der Waals surface area contributed by atoms with Gasteiger partial charge in [-0.25, -0.2) is 9.50 Å². The Morgan fingerprint density at radius 1 is 1.30 bits per heavy atom. The number of thiocarbonyl (C=S) groups is 1. The maximum absolute atomic E-state index is 12.9. The predicted octanol–water partition coefficient (Wildman–Crippen LogP) is 4.27. The Balaban J connectivity index is 2.18. The lowest BCUT2D eigenvalue weighted by atomic mass is 10.1. The zero-order chi connectivity index (χ0) is 24.1. The highest BCUT2D eigenvalue weighted by molar-refractivity contribution is 7.79. The Morgan fingerprint density at radius 3 is 2.70 bits per heavy atom. The molecule has 0 amide bonds. The van der Waals surface area contributed by atoms with Crippen LogP contribution in [0.2, 0.25) is 0 Å². The average molecular weight is 470 g/mol. The van der Waals surface area contributed by atoms with Crippen LogP contribution in [0, 0.1) is 6.92 Å². The van der Waals surface area contributed by atoms with E-state index in [0.717, 1.165) is 24.4 Å². The monoisotopic (exact) mass is 469 g/mol. The summed E-state index contributed by atoms with van der Waals surface area (Å²) in [5.74, 6) is 1.80. The molecule has 1 aromatic carbocycles. The lowest BCUT2D eigenvalue weighted by Gasteiger charge is -2.26. The molecule has 0 fully saturated rings. The molecule has 0 spiro atoms. The largest absolute Gasteiger partial charge is 0.493 e. The summed E-state index contributed by atoms with van der Waals surface area (Å²) in [4.78, 5) is 34.7. The predicted molar refractivity (Wildman–Crippen MR) is 134 cm³/mol. The molecule has 1 N–H and O–H groups in total. The number of hydrogen-bond donors (Lipinski definition) is 1. The van der Waals surface area contributed by atoms with Crippen molar-refractivity contribution in [1.29, 1.82) is 0 Å². The van der Waals surface area contributed by atoms with E-state index in [2.05, 4.69) is 16.9 Å². The lowest BCUT2D eigenvalue weighted by molar-refractivity contribution is -0.119. The highest BCUT2D eigenvalue weighted by Gasteiger charge is 2.22. The molecule has 0 bridgehead atoms. The van der Waals surface area contributed by atoms with Crippen molar-refractivity contribution in [2.75, 3.05) is 11.5 Å². The van der Waals surface area contributed by atoms with E-state index < -0.39 is 6.04 Å². The molecular formula is C24H31N5O3S. The summed E-state index contributed by atoms with van der Waals surface area (Å²) in [7, 11) is 0. The van der Waals surface area contributed by atoms with Gasteiger partial charge in [-0.2, -0.15) is 0 Å². The first-order chi connectivity index (χ1) is 15.9. The third-order valence-corrected chi connectivity index (χ3v) is 5.75. The molecule has 33 heavy (non-hydrogen) atoms. The zero-order valence-electron chi connectivity index (χ0n) is 19.8. The number of aryl methyl sites for hydroxylation is 2. The van der Waals surface area contributed by atoms with Crippen LogP contribution in [0.5, 0.6) is 5.75 Å². The minimum Gasteiger partial charge on any atom is -0.493 e. The van der Waals surface area contributed by atoms with E-state index in [9.17, 15) is 9.59 Å². The fraction of sp³-hybridized carbons (Fsp3) is 0.458. The quantitative estimate of drug-likeness (QED) is 0.419. The first kappa shape index (κ1) is 24.6. The Morgan fingerprint density at radius 2 is 2.06 bits per heavy atom. The maximum atomic E-state index is 12.9. The summed E-state index contributed by atoms with van der Waals surface area (Å²) in [5, 5.41) is 4.72. The van der Waals surface area contributed by atoms with Crippen molar-refractivity contribution in [3.05, 3.63) is 40.1 Å². The Labute approximate surface area is 199 Å². The summed E-state index contributed by atoms with van der Waals surface area (Å²) in [5.41, 5.74) is 3.63. The number of benzene rings is 1. The minimum atomic E-state index is -0.407. The molecule has 1 unspecified atom stereocenters. The van der Waals surface area contributed by atoms with Gasteiger partial charge in [0.15, 0.2) is 17.1 Å². The second-order valence-corrected chi connectivity index (χ2v) is 8.16. The number of nitrogens with one attached hydrogen (secondary N) is 1. The lowest BCUT2D eigenvalue weighted by Crippen LogP contribution is -2.37. The first-order valence-corrected chi connectivity index (χ1v) is 11.8. The molecule has 0 aliphatic heterocycles. The smallest absolute Gasteiger partial charge is 0.277 e. The molecule has 8 nitrogen and oxygen atoms in total. The minimum absolute atomic E-state index is 0.111. The molecule has 0 aliphatic rings. The highest BCUT2D eigenvalue weighted by atomic mass is 32.1. The van der Waals surface area contributed by atoms with Crippen molar-refractivity contribution in [1.82, 2.24) is 19.6 Å². The third-order valence-electron chi connectivity index (χ3n) is 5.53. The molecule has 2 heterocycles. The van der Waals surface area contributed by atoms with Gasteiger partial charge in [0, 0.05) is 18.5 Å². The van der Waals surface area contributed by atoms with E-state index >= 15 is 0 Å². The molecule has 1 atom stereocenters. The third kappa shape index (κ3) is 4.98. The number of Topliss-reactive ketones (excluding diaryl/α,β-unsaturated/α-hetero) is 1. The average Bonchev–Trinajstić information content (AvgIpc) is 3.11. The standard InChI is InChI=1S/C24H31N5O3S/c1-6-9-19(30)16(5)28(14-33)17-11-12-20(32-8-3)18(13-17)23-26-24(31)22-15(4)25-21(10-7-2)29(22)27-23/h11-14,16H,6-10H2,1-5H3,(H,26,27,31). The number of aromatic nitrogens is 4. The Bertz CT molecular complexity index is 1220. The summed E-state index contributed by atoms with van der Waals surface area (Å²) in [6.45, 7) is 10.0. The van der Waals surface area contributed by atoms with Gasteiger partial charge >= 0.3 is 0 Å². The molecule has 3 rings (SSSR count). The van der Waals surface area contributed by atoms with E-state index in [1.54, 1.807) is 9.42 Å². The number of H-pyrrole nitrogens is 1. The van der Waals surface area contributed by atoms with Gasteiger partial charge in [-0.05, 0) is 51.8 Å². The number of ketones is 1. The number of aromatic amines is 1. The van der Waals surface area contributed by atoms with Crippen molar-refractivity contribution in [3.63, 3.8) is 0 Å². The molecule has 0 radical (unpaired) electrons. The molecular weight excluding hydrogens is 438 g/mol. The van der Waals surface area contributed by atoms with Gasteiger partial charge in [-0.15, -0.1) is 5.10 Å². The zero-order valence-corrected chi connectivity index (χ0v) is 20.7. The van der Waals surface area contributed by atoms with Crippen molar-refractivity contribution >= 4 is 34.7 Å². The van der Waals surface area contributed by atoms with Gasteiger partial charge in [0.2, 0.25) is 0 Å². The van der Waals surface area contributed by atoms with E-state index in [4.69, 9.17) is 22.1 Å². The fourth-order valence-electron chi connectivity index (χ4n) is 3.87. The van der Waals surface area contributed by atoms with Gasteiger partial charge in [-0.3, -0.25) is 9.59 Å². The number of carbonyl (C=O) groups excluding carboxylic acids is 1. The van der Waals surface area contributed by atoms with E-state index in [-0.39, 0.29) is 11.3 Å². The number of ether oxygens (including phenoxy) is 1. The van der Waals surface area contributed by atoms with E-state index in [0.29, 0.717) is 47.8 Å². The number of nitrogens with zero attached hydrogens (tertiary/aromatic N) is 4. The van der Waals surface area contributed by atoms with Crippen LogP contribution in [0.3, 0.4) is 0 Å². The highest BCUT2D eigenvalue weighted by Crippen LogP contribution is 2.32. The summed E-state index contributed by atoms with van der Waals surface area (Å²) < 4.78 is 7.46. The van der Waals surface area contributed by atoms with Crippen LogP contribution in [0.15, 0.2) is 23.0 Å². The van der Waals surface area contributed by atoms with Crippen LogP contribution in [0.1, 0.15) is 58.5 Å². The van der Waals surface area contributed by atoms with Crippen LogP contribution >= 0.6 is 12.2 Å². The molecule has 0 saturated carbocycles. The topological polar surface area (TPSA) is 92.6 Å². The van der Waals surface area contributed by atoms with Gasteiger partial charge in [0.05, 0.1) is 29.4 Å². The summed E-state index contributed by atoms with van der Waals surface area (Å²) in [6.07, 6.45) is 2.85. The van der Waals surface area contributed by atoms with Crippen LogP contribution in [-0.2, 0) is 11.2 Å². The number of anilines is 1. The molecule has 3 aromatic rings. The van der Waals surface area contributed by atoms with Crippen molar-refractivity contribution in [3.8, 4) is 17.1 Å². The fourth-order valence-corrected chi connectivity index (χ4v) is 4.18. The molecule has 9 heteroatoms. The first-order valence-electron chi connectivity index (χ1n) is 11.4. The molecule has 0 aliphatic carbocycles. The van der Waals surface area contributed by atoms with Gasteiger partial charge < -0.3 is 14.6 Å². The summed E-state index contributed by atoms with van der Waals surface area (Å²) >= 11 is 5.24. The van der Waals surface area contributed by atoms with Crippen LogP contribution in [-0.4, -0.2) is 43.5 Å². The van der Waals surface area contributed by atoms with E-state index in [1.807, 2.05) is 45.9 Å². The van der Waals surface area contributed by atoms with Crippen molar-refractivity contribution < 1.29 is 9.53 Å². The number of rotatable bonds is 11. The van der Waals surface area contributed by atoms with Crippen molar-refractivity contribution in [2.45, 2.75) is 66.3 Å². The molecule has 2 aromatic heterocycles. The van der Waals surface area contributed by atoms with Gasteiger partial charge in [-0.1, -0.05) is 26.1 Å². The summed E-state index contributed by atoms with van der Waals surface area (Å²) in [6, 6.07) is 5.10. The van der Waals surface area contributed by atoms with Gasteiger partial charge in [0.25, 0.3) is 5.56 Å². The van der Waals surface area contributed by atoms with Crippen LogP contribution in [0.25, 0.3) is 16.9 Å². The Kier molecular flexibility index (Phi) is 7.97. The SMILES string of the molecule is CCCC(=O)C(C)N(C=S)c1ccc(OCC)c(-c2nn3c(CCC)nc(C)c3c(=O)[nH]2)c1. The molecule has 176 valence electrons. The maximum Gasteiger partial charge on any atom is 0.277 e. The van der Waals surface area contributed by atoms with Crippen LogP contribution in [0.4, 0.5) is 5.69 Å². The van der Waals surface area contributed by atoms with Gasteiger partial charge in [0.1, 0.15) is 11.6 Å². The number of fused-ring (bicyclic) bond motifs is 1. The van der Waals surface area contributed by atoms with Crippen molar-refractivity contribution in [2.24, 2.45) is 0 Å². The molecule has 0 saturated heterocycles. The second kappa shape index (κ2) is 10.7.